The number of carbonyl (C=O) groups is 1. The summed E-state index contributed by atoms with van der Waals surface area (Å²) in [5.41, 5.74) is 3.22. The number of nitrogens with zero attached hydrogens (tertiary/aromatic N) is 3. The summed E-state index contributed by atoms with van der Waals surface area (Å²) < 4.78 is 6.54. The molecule has 2 aliphatic rings. The molecular formula is C34H53IN4O2S. The quantitative estimate of drug-likeness (QED) is 0.102. The first-order valence-corrected chi connectivity index (χ1v) is 17.1. The molecule has 2 aromatic rings. The van der Waals surface area contributed by atoms with E-state index in [4.69, 9.17) is 9.73 Å². The highest BCUT2D eigenvalue weighted by Gasteiger charge is 2.33. The fraction of sp³-hybridized carbons (Fsp3) is 0.647. The number of piperazine rings is 1. The Morgan fingerprint density at radius 1 is 0.952 bits per heavy atom. The van der Waals surface area contributed by atoms with Crippen LogP contribution in [0, 0.1) is 6.92 Å². The zero-order chi connectivity index (χ0) is 28.9. The largest absolute Gasteiger partial charge is 1.00 e. The average molecular weight is 709 g/mol. The van der Waals surface area contributed by atoms with Gasteiger partial charge in [-0.15, -0.1) is 11.3 Å². The van der Waals surface area contributed by atoms with Crippen molar-refractivity contribution in [3.8, 4) is 0 Å². The number of fused-ring (bicyclic) bond motifs is 2. The van der Waals surface area contributed by atoms with Crippen molar-refractivity contribution in [2.24, 2.45) is 4.99 Å². The second-order valence-electron chi connectivity index (χ2n) is 12.4. The standard InChI is InChI=1S/C34H53N4O2S.HI/c1-4-5-6-7-8-9-10-11-12-13-14-15-16-21-32(39)40-27-38(3)24-22-37(23-25-38)33-29-26-28(2)41-34(29)36-31-20-18-17-19-30(31)35-33;/h17-20,26,36H,4-16,21-25,27H2,1-3H3;1H/q+1;/p-1. The van der Waals surface area contributed by atoms with Gasteiger partial charge in [-0.3, -0.25) is 9.28 Å². The summed E-state index contributed by atoms with van der Waals surface area (Å²) in [4.78, 5) is 21.3. The van der Waals surface area contributed by atoms with Crippen molar-refractivity contribution in [1.29, 1.82) is 0 Å². The van der Waals surface area contributed by atoms with Crippen molar-refractivity contribution in [2.45, 2.75) is 104 Å². The Morgan fingerprint density at radius 3 is 2.19 bits per heavy atom. The van der Waals surface area contributed by atoms with Gasteiger partial charge in [-0.2, -0.15) is 0 Å². The Morgan fingerprint density at radius 2 is 1.55 bits per heavy atom. The molecule has 1 aromatic carbocycles. The molecule has 234 valence electrons. The topological polar surface area (TPSA) is 53.9 Å². The molecule has 42 heavy (non-hydrogen) atoms. The maximum absolute atomic E-state index is 12.5. The van der Waals surface area contributed by atoms with Crippen LogP contribution < -0.4 is 29.3 Å². The first kappa shape index (κ1) is 34.8. The Kier molecular flexibility index (Phi) is 15.1. The number of halogens is 1. The number of aliphatic imine (C=N–C) groups is 1. The van der Waals surface area contributed by atoms with Gasteiger partial charge in [0, 0.05) is 11.3 Å². The summed E-state index contributed by atoms with van der Waals surface area (Å²) in [7, 11) is 2.21. The van der Waals surface area contributed by atoms with Gasteiger partial charge in [-0.1, -0.05) is 96.1 Å². The normalized spacial score (nSPS) is 15.5. The molecule has 8 heteroatoms. The molecule has 3 heterocycles. The number of quaternary nitrogens is 1. The van der Waals surface area contributed by atoms with Gasteiger partial charge >= 0.3 is 5.97 Å². The molecule has 1 fully saturated rings. The first-order valence-electron chi connectivity index (χ1n) is 16.3. The van der Waals surface area contributed by atoms with Gasteiger partial charge in [0.25, 0.3) is 0 Å². The minimum atomic E-state index is -0.0379. The number of anilines is 2. The van der Waals surface area contributed by atoms with Crippen LogP contribution in [0.5, 0.6) is 0 Å². The average Bonchev–Trinajstić information content (AvgIpc) is 3.26. The van der Waals surface area contributed by atoms with E-state index in [9.17, 15) is 4.79 Å². The monoisotopic (exact) mass is 708 g/mol. The van der Waals surface area contributed by atoms with Crippen LogP contribution in [0.15, 0.2) is 35.3 Å². The van der Waals surface area contributed by atoms with E-state index in [1.54, 1.807) is 11.3 Å². The van der Waals surface area contributed by atoms with Gasteiger partial charge in [-0.05, 0) is 31.5 Å². The molecule has 6 nitrogen and oxygen atoms in total. The Hall–Kier alpha value is -1.65. The minimum Gasteiger partial charge on any atom is -1.00 e. The Balaban J connectivity index is 0.00000484. The van der Waals surface area contributed by atoms with Crippen LogP contribution in [0.4, 0.5) is 16.4 Å². The zero-order valence-corrected chi connectivity index (χ0v) is 29.2. The molecular weight excluding hydrogens is 655 g/mol. The molecule has 0 spiro atoms. The van der Waals surface area contributed by atoms with Crippen LogP contribution >= 0.6 is 11.3 Å². The minimum absolute atomic E-state index is 0. The number of hydrogen-bond acceptors (Lipinski definition) is 6. The van der Waals surface area contributed by atoms with E-state index in [1.165, 1.54) is 81.1 Å². The number of unbranched alkanes of at least 4 members (excludes halogenated alkanes) is 12. The molecule has 1 saturated heterocycles. The van der Waals surface area contributed by atoms with Crippen molar-refractivity contribution in [3.05, 3.63) is 40.8 Å². The van der Waals surface area contributed by atoms with E-state index in [-0.39, 0.29) is 29.9 Å². The lowest BCUT2D eigenvalue weighted by molar-refractivity contribution is -0.929. The number of para-hydroxylation sites is 2. The zero-order valence-electron chi connectivity index (χ0n) is 26.3. The first-order chi connectivity index (χ1) is 20.0. The third kappa shape index (κ3) is 10.8. The number of ether oxygens (including phenoxy) is 1. The SMILES string of the molecule is CCCCCCCCCCCCCCCC(=O)OC[N+]1(C)CCN(C2=Nc3ccccc3Nc3sc(C)cc32)CC1.[I-]. The van der Waals surface area contributed by atoms with E-state index >= 15 is 0 Å². The summed E-state index contributed by atoms with van der Waals surface area (Å²) in [6.45, 7) is 8.54. The number of carbonyl (C=O) groups excluding carboxylic acids is 1. The highest BCUT2D eigenvalue weighted by Crippen LogP contribution is 2.39. The third-order valence-electron chi connectivity index (χ3n) is 8.62. The van der Waals surface area contributed by atoms with Crippen LogP contribution in [-0.2, 0) is 9.53 Å². The van der Waals surface area contributed by atoms with Gasteiger partial charge < -0.3 is 38.9 Å². The number of nitrogens with one attached hydrogen (secondary N) is 1. The van der Waals surface area contributed by atoms with Gasteiger partial charge in [0.1, 0.15) is 10.8 Å². The summed E-state index contributed by atoms with van der Waals surface area (Å²) in [5.74, 6) is 1.01. The fourth-order valence-electron chi connectivity index (χ4n) is 5.86. The molecule has 4 rings (SSSR count). The van der Waals surface area contributed by atoms with Crippen molar-refractivity contribution in [1.82, 2.24) is 4.90 Å². The van der Waals surface area contributed by atoms with Crippen molar-refractivity contribution in [3.63, 3.8) is 0 Å². The summed E-state index contributed by atoms with van der Waals surface area (Å²) in [6.07, 6.45) is 17.6. The molecule has 0 atom stereocenters. The van der Waals surface area contributed by atoms with E-state index in [2.05, 4.69) is 55.4 Å². The molecule has 0 radical (unpaired) electrons. The fourth-order valence-corrected chi connectivity index (χ4v) is 6.78. The lowest BCUT2D eigenvalue weighted by Crippen LogP contribution is -3.00. The molecule has 1 N–H and O–H groups in total. The van der Waals surface area contributed by atoms with E-state index in [1.807, 2.05) is 6.07 Å². The number of hydrogen-bond donors (Lipinski definition) is 1. The van der Waals surface area contributed by atoms with Crippen molar-refractivity contribution >= 4 is 39.5 Å². The van der Waals surface area contributed by atoms with Crippen LogP contribution in [0.25, 0.3) is 0 Å². The maximum atomic E-state index is 12.5. The smallest absolute Gasteiger partial charge is 0.310 e. The van der Waals surface area contributed by atoms with Crippen LogP contribution in [-0.4, -0.2) is 61.1 Å². The van der Waals surface area contributed by atoms with E-state index < -0.39 is 0 Å². The van der Waals surface area contributed by atoms with Crippen molar-refractivity contribution < 1.29 is 38.0 Å². The maximum Gasteiger partial charge on any atom is 0.310 e. The number of esters is 1. The number of likely N-dealkylation sites (N-methyl/N-ethyl adjacent to an activating group) is 1. The lowest BCUT2D eigenvalue weighted by atomic mass is 10.0. The van der Waals surface area contributed by atoms with E-state index in [0.717, 1.165) is 65.7 Å². The summed E-state index contributed by atoms with van der Waals surface area (Å²) in [5, 5.41) is 4.77. The van der Waals surface area contributed by atoms with Gasteiger partial charge in [-0.25, -0.2) is 4.99 Å². The predicted molar refractivity (Wildman–Crippen MR) is 174 cm³/mol. The molecule has 0 saturated carbocycles. The molecule has 0 amide bonds. The highest BCUT2D eigenvalue weighted by molar-refractivity contribution is 7.16. The molecule has 1 aromatic heterocycles. The number of amidine groups is 1. The number of rotatable bonds is 16. The van der Waals surface area contributed by atoms with Gasteiger partial charge in [0.05, 0.1) is 50.2 Å². The summed E-state index contributed by atoms with van der Waals surface area (Å²) in [6, 6.07) is 10.5. The van der Waals surface area contributed by atoms with Crippen LogP contribution in [0.2, 0.25) is 0 Å². The van der Waals surface area contributed by atoms with Crippen LogP contribution in [0.3, 0.4) is 0 Å². The van der Waals surface area contributed by atoms with Gasteiger partial charge in [0.2, 0.25) is 6.73 Å². The van der Waals surface area contributed by atoms with E-state index in [0.29, 0.717) is 13.2 Å². The second-order valence-corrected chi connectivity index (χ2v) is 13.6. The second kappa shape index (κ2) is 18.2. The van der Waals surface area contributed by atoms with Crippen molar-refractivity contribution in [2.75, 3.05) is 45.3 Å². The van der Waals surface area contributed by atoms with Crippen LogP contribution in [0.1, 0.15) is 107 Å². The molecule has 0 unspecified atom stereocenters. The predicted octanol–water partition coefficient (Wildman–Crippen LogP) is 5.94. The number of aryl methyl sites for hydroxylation is 1. The lowest BCUT2D eigenvalue weighted by Gasteiger charge is -2.42. The number of benzene rings is 1. The summed E-state index contributed by atoms with van der Waals surface area (Å²) >= 11 is 1.78. The molecule has 0 aliphatic carbocycles. The number of thiophene rings is 1. The Bertz CT molecular complexity index is 1130. The molecule has 2 aliphatic heterocycles. The highest BCUT2D eigenvalue weighted by atomic mass is 127. The third-order valence-corrected chi connectivity index (χ3v) is 9.58. The molecule has 0 bridgehead atoms. The van der Waals surface area contributed by atoms with Gasteiger partial charge in [0.15, 0.2) is 0 Å². The Labute approximate surface area is 275 Å².